The zero-order valence-corrected chi connectivity index (χ0v) is 25.9. The van der Waals surface area contributed by atoms with Crippen molar-refractivity contribution < 1.29 is 42.9 Å². The molecule has 43 heavy (non-hydrogen) atoms. The lowest BCUT2D eigenvalue weighted by Gasteiger charge is -2.21. The number of aromatic nitrogens is 1. The zero-order valence-electron chi connectivity index (χ0n) is 25.1. The largest absolute Gasteiger partial charge is 0.382 e. The summed E-state index contributed by atoms with van der Waals surface area (Å²) in [6.45, 7) is 4.75. The summed E-state index contributed by atoms with van der Waals surface area (Å²) in [6.07, 6.45) is 3.92. The van der Waals surface area contributed by atoms with Gasteiger partial charge >= 0.3 is 0 Å². The summed E-state index contributed by atoms with van der Waals surface area (Å²) in [5.41, 5.74) is 1.04. The first kappa shape index (κ1) is 36.5. The van der Waals surface area contributed by atoms with Crippen LogP contribution in [-0.2, 0) is 55.7 Å². The standard InChI is InChI=1S/C27H46N6O9S/c1-3-6-28-20-4-5-21-22(15-20)43-27(32-21)33-23(34)16-31-26(37)19-41-10-8-29-24(35)17-40-9-7-30-25(36)18-42-14-13-39-12-11-38-2/h20,28H,3-19H2,1-2H3,(H,29,35)(H,30,36)(H,31,37)(H,32,33,34)/t20-/m0/s1. The molecule has 0 saturated heterocycles. The van der Waals surface area contributed by atoms with Crippen molar-refractivity contribution in [2.45, 2.75) is 38.6 Å². The van der Waals surface area contributed by atoms with Crippen molar-refractivity contribution >= 4 is 40.1 Å². The number of fused-ring (bicyclic) bond motifs is 1. The predicted octanol–water partition coefficient (Wildman–Crippen LogP) is -1.00. The molecule has 4 amide bonds. The molecule has 1 aliphatic carbocycles. The Kier molecular flexibility index (Phi) is 19.3. The molecule has 0 bridgehead atoms. The first-order valence-corrected chi connectivity index (χ1v) is 15.3. The summed E-state index contributed by atoms with van der Waals surface area (Å²) in [5.74, 6) is -1.46. The molecule has 244 valence electrons. The van der Waals surface area contributed by atoms with Crippen molar-refractivity contribution in [2.24, 2.45) is 0 Å². The molecular weight excluding hydrogens is 584 g/mol. The molecule has 1 aliphatic rings. The van der Waals surface area contributed by atoms with E-state index in [9.17, 15) is 19.2 Å². The van der Waals surface area contributed by atoms with Gasteiger partial charge in [-0.25, -0.2) is 4.98 Å². The number of rotatable bonds is 24. The van der Waals surface area contributed by atoms with Crippen molar-refractivity contribution in [3.8, 4) is 0 Å². The number of hydrogen-bond acceptors (Lipinski definition) is 12. The number of carbonyl (C=O) groups is 4. The number of ether oxygens (including phenoxy) is 5. The van der Waals surface area contributed by atoms with Gasteiger partial charge in [0.05, 0.1) is 51.9 Å². The van der Waals surface area contributed by atoms with Crippen LogP contribution >= 0.6 is 11.3 Å². The fourth-order valence-electron chi connectivity index (χ4n) is 3.83. The molecule has 0 radical (unpaired) electrons. The normalized spacial score (nSPS) is 14.1. The monoisotopic (exact) mass is 630 g/mol. The topological polar surface area (TPSA) is 187 Å². The SMILES string of the molecule is CCCN[C@H]1CCc2nc(NC(=O)CNC(=O)COCCNC(=O)COCCNC(=O)COCCOCCOC)sc2C1. The Morgan fingerprint density at radius 3 is 2.05 bits per heavy atom. The lowest BCUT2D eigenvalue weighted by atomic mass is 9.98. The number of carbonyl (C=O) groups excluding carboxylic acids is 4. The number of methoxy groups -OCH3 is 1. The molecule has 15 nitrogen and oxygen atoms in total. The van der Waals surface area contributed by atoms with Crippen molar-refractivity contribution in [3.63, 3.8) is 0 Å². The number of thiazole rings is 1. The summed E-state index contributed by atoms with van der Waals surface area (Å²) in [4.78, 5) is 53.4. The van der Waals surface area contributed by atoms with E-state index in [1.807, 2.05) is 0 Å². The zero-order chi connectivity index (χ0) is 31.1. The highest BCUT2D eigenvalue weighted by Gasteiger charge is 2.22. The maximum atomic E-state index is 12.2. The molecule has 2 rings (SSSR count). The maximum Gasteiger partial charge on any atom is 0.246 e. The average Bonchev–Trinajstić information content (AvgIpc) is 3.39. The molecule has 0 unspecified atom stereocenters. The van der Waals surface area contributed by atoms with E-state index in [2.05, 4.69) is 38.5 Å². The van der Waals surface area contributed by atoms with Crippen LogP contribution in [0.5, 0.6) is 0 Å². The second-order valence-electron chi connectivity index (χ2n) is 9.57. The highest BCUT2D eigenvalue weighted by molar-refractivity contribution is 7.15. The Morgan fingerprint density at radius 1 is 0.791 bits per heavy atom. The van der Waals surface area contributed by atoms with Crippen LogP contribution in [-0.4, -0.2) is 127 Å². The first-order valence-electron chi connectivity index (χ1n) is 14.5. The number of aryl methyl sites for hydroxylation is 1. The van der Waals surface area contributed by atoms with Crippen LogP contribution in [0.3, 0.4) is 0 Å². The maximum absolute atomic E-state index is 12.2. The van der Waals surface area contributed by atoms with E-state index in [1.54, 1.807) is 7.11 Å². The van der Waals surface area contributed by atoms with Gasteiger partial charge in [0.15, 0.2) is 5.13 Å². The van der Waals surface area contributed by atoms with Gasteiger partial charge in [-0.05, 0) is 32.2 Å². The van der Waals surface area contributed by atoms with Crippen LogP contribution in [0.25, 0.3) is 0 Å². The summed E-state index contributed by atoms with van der Waals surface area (Å²) < 4.78 is 25.7. The van der Waals surface area contributed by atoms with Crippen LogP contribution < -0.4 is 26.6 Å². The van der Waals surface area contributed by atoms with Gasteiger partial charge < -0.3 is 50.3 Å². The van der Waals surface area contributed by atoms with Gasteiger partial charge in [-0.1, -0.05) is 6.92 Å². The molecule has 0 aliphatic heterocycles. The minimum absolute atomic E-state index is 0.0919. The molecule has 0 aromatic carbocycles. The van der Waals surface area contributed by atoms with Gasteiger partial charge in [-0.15, -0.1) is 11.3 Å². The summed E-state index contributed by atoms with van der Waals surface area (Å²) >= 11 is 1.48. The second-order valence-corrected chi connectivity index (χ2v) is 10.7. The first-order chi connectivity index (χ1) is 20.9. The number of nitrogens with zero attached hydrogens (tertiary/aromatic N) is 1. The molecular formula is C27H46N6O9S. The van der Waals surface area contributed by atoms with Crippen LogP contribution in [0.15, 0.2) is 0 Å². The molecule has 1 heterocycles. The van der Waals surface area contributed by atoms with Gasteiger partial charge in [0.1, 0.15) is 19.8 Å². The molecule has 5 N–H and O–H groups in total. The van der Waals surface area contributed by atoms with Crippen LogP contribution in [0.4, 0.5) is 5.13 Å². The Hall–Kier alpha value is -2.73. The summed E-state index contributed by atoms with van der Waals surface area (Å²) in [6, 6.07) is 0.443. The minimum atomic E-state index is -0.448. The fraction of sp³-hybridized carbons (Fsp3) is 0.741. The lowest BCUT2D eigenvalue weighted by Crippen LogP contribution is -2.36. The Bertz CT molecular complexity index is 981. The Balaban J connectivity index is 1.41. The van der Waals surface area contributed by atoms with E-state index in [-0.39, 0.29) is 70.4 Å². The van der Waals surface area contributed by atoms with E-state index in [1.165, 1.54) is 16.2 Å². The van der Waals surface area contributed by atoms with Crippen LogP contribution in [0.1, 0.15) is 30.3 Å². The highest BCUT2D eigenvalue weighted by atomic mass is 32.1. The van der Waals surface area contributed by atoms with E-state index in [0.717, 1.165) is 37.9 Å². The highest BCUT2D eigenvalue weighted by Crippen LogP contribution is 2.29. The fourth-order valence-corrected chi connectivity index (χ4v) is 4.93. The van der Waals surface area contributed by atoms with E-state index in [4.69, 9.17) is 23.7 Å². The number of nitrogens with one attached hydrogen (secondary N) is 5. The van der Waals surface area contributed by atoms with Crippen molar-refractivity contribution in [2.75, 3.05) is 98.1 Å². The van der Waals surface area contributed by atoms with Gasteiger partial charge in [0.25, 0.3) is 0 Å². The van der Waals surface area contributed by atoms with Crippen molar-refractivity contribution in [3.05, 3.63) is 10.6 Å². The van der Waals surface area contributed by atoms with Crippen LogP contribution in [0, 0.1) is 0 Å². The average molecular weight is 631 g/mol. The Labute approximate surface area is 256 Å². The van der Waals surface area contributed by atoms with Gasteiger partial charge in [-0.2, -0.15) is 0 Å². The molecule has 1 aromatic rings. The van der Waals surface area contributed by atoms with E-state index >= 15 is 0 Å². The molecule has 0 saturated carbocycles. The van der Waals surface area contributed by atoms with Gasteiger partial charge in [0.2, 0.25) is 23.6 Å². The summed E-state index contributed by atoms with van der Waals surface area (Å²) in [7, 11) is 1.59. The predicted molar refractivity (Wildman–Crippen MR) is 159 cm³/mol. The number of amides is 4. The van der Waals surface area contributed by atoms with E-state index < -0.39 is 5.91 Å². The molecule has 1 atom stereocenters. The van der Waals surface area contributed by atoms with Gasteiger partial charge in [-0.3, -0.25) is 19.2 Å². The van der Waals surface area contributed by atoms with Crippen molar-refractivity contribution in [1.82, 2.24) is 26.3 Å². The lowest BCUT2D eigenvalue weighted by molar-refractivity contribution is -0.128. The molecule has 0 spiro atoms. The molecule has 16 heteroatoms. The van der Waals surface area contributed by atoms with Crippen LogP contribution in [0.2, 0.25) is 0 Å². The quantitative estimate of drug-likeness (QED) is 0.0882. The molecule has 0 fully saturated rings. The van der Waals surface area contributed by atoms with Gasteiger partial charge in [0, 0.05) is 31.1 Å². The number of hydrogen-bond donors (Lipinski definition) is 5. The third-order valence-electron chi connectivity index (χ3n) is 5.96. The third kappa shape index (κ3) is 17.2. The third-order valence-corrected chi connectivity index (χ3v) is 6.99. The summed E-state index contributed by atoms with van der Waals surface area (Å²) in [5, 5.41) is 14.5. The van der Waals surface area contributed by atoms with E-state index in [0.29, 0.717) is 37.6 Å². The minimum Gasteiger partial charge on any atom is -0.382 e. The Morgan fingerprint density at radius 2 is 1.40 bits per heavy atom. The molecule has 1 aromatic heterocycles. The number of anilines is 1. The smallest absolute Gasteiger partial charge is 0.246 e. The second kappa shape index (κ2) is 22.8. The van der Waals surface area contributed by atoms with Crippen molar-refractivity contribution in [1.29, 1.82) is 0 Å².